The van der Waals surface area contributed by atoms with Crippen molar-refractivity contribution in [2.45, 2.75) is 90.6 Å². The Morgan fingerprint density at radius 1 is 1.16 bits per heavy atom. The second kappa shape index (κ2) is 9.17. The Kier molecular flexibility index (Phi) is 6.96. The van der Waals surface area contributed by atoms with E-state index < -0.39 is 24.1 Å². The summed E-state index contributed by atoms with van der Waals surface area (Å²) < 4.78 is 5.17. The van der Waals surface area contributed by atoms with Gasteiger partial charge in [0, 0.05) is 12.6 Å². The van der Waals surface area contributed by atoms with Crippen LogP contribution < -0.4 is 5.32 Å². The van der Waals surface area contributed by atoms with Gasteiger partial charge in [-0.2, -0.15) is 0 Å². The predicted molar refractivity (Wildman–Crippen MR) is 115 cm³/mol. The third kappa shape index (κ3) is 5.21. The molecule has 8 heteroatoms. The summed E-state index contributed by atoms with van der Waals surface area (Å²) in [7, 11) is 0. The first-order chi connectivity index (χ1) is 14.6. The highest BCUT2D eigenvalue weighted by atomic mass is 16.5. The van der Waals surface area contributed by atoms with Crippen LogP contribution in [-0.2, 0) is 19.1 Å². The number of ether oxygens (including phenoxy) is 1. The lowest BCUT2D eigenvalue weighted by molar-refractivity contribution is -0.155. The summed E-state index contributed by atoms with van der Waals surface area (Å²) in [5.41, 5.74) is -1.03. The molecule has 1 spiro atoms. The first kappa shape index (κ1) is 23.5. The fourth-order valence-electron chi connectivity index (χ4n) is 6.08. The largest absolute Gasteiger partial charge is 0.454 e. The number of hydrogen-bond donors (Lipinski definition) is 1. The van der Waals surface area contributed by atoms with E-state index in [1.165, 1.54) is 6.42 Å². The van der Waals surface area contributed by atoms with Crippen LogP contribution in [-0.4, -0.2) is 64.9 Å². The molecule has 2 atom stereocenters. The zero-order valence-corrected chi connectivity index (χ0v) is 19.4. The van der Waals surface area contributed by atoms with Gasteiger partial charge < -0.3 is 15.0 Å². The molecule has 0 aromatic heterocycles. The Morgan fingerprint density at radius 2 is 1.84 bits per heavy atom. The van der Waals surface area contributed by atoms with Gasteiger partial charge in [0.1, 0.15) is 12.1 Å². The van der Waals surface area contributed by atoms with Crippen LogP contribution in [0.1, 0.15) is 79.1 Å². The van der Waals surface area contributed by atoms with Gasteiger partial charge in [0.25, 0.3) is 11.8 Å². The molecule has 3 rings (SSSR count). The van der Waals surface area contributed by atoms with E-state index in [1.54, 1.807) is 4.90 Å². The van der Waals surface area contributed by atoms with Gasteiger partial charge in [0.15, 0.2) is 6.61 Å². The van der Waals surface area contributed by atoms with Crippen molar-refractivity contribution < 1.29 is 23.9 Å². The maximum atomic E-state index is 13.1. The number of carbonyl (C=O) groups excluding carboxylic acids is 4. The smallest absolute Gasteiger partial charge is 0.326 e. The highest BCUT2D eigenvalue weighted by molar-refractivity contribution is 6.08. The number of esters is 1. The summed E-state index contributed by atoms with van der Waals surface area (Å²) in [6, 6.07) is -0.358. The zero-order chi connectivity index (χ0) is 22.8. The number of urea groups is 1. The topological polar surface area (TPSA) is 96.0 Å². The van der Waals surface area contributed by atoms with E-state index in [1.807, 2.05) is 6.92 Å². The summed E-state index contributed by atoms with van der Waals surface area (Å²) in [6.07, 6.45) is 7.47. The number of likely N-dealkylation sites (N-methyl/N-ethyl adjacent to an activating group) is 1. The third-order valence-corrected chi connectivity index (χ3v) is 6.94. The molecule has 8 nitrogen and oxygen atoms in total. The number of carbonyl (C=O) groups is 4. The number of hydrogen-bond acceptors (Lipinski definition) is 5. The summed E-state index contributed by atoms with van der Waals surface area (Å²) in [5.74, 6) is -1.04. The van der Waals surface area contributed by atoms with Gasteiger partial charge in [0.2, 0.25) is 0 Å². The lowest BCUT2D eigenvalue weighted by Crippen LogP contribution is -2.54. The molecule has 1 aliphatic heterocycles. The maximum absolute atomic E-state index is 13.1. The van der Waals surface area contributed by atoms with Gasteiger partial charge in [-0.05, 0) is 50.4 Å². The van der Waals surface area contributed by atoms with Crippen LogP contribution in [0.4, 0.5) is 4.79 Å². The number of rotatable bonds is 6. The second-order valence-corrected chi connectivity index (χ2v) is 10.4. The standard InChI is InChI=1S/C23H37N3O5/c1-5-25(17-9-7-6-8-10-17)18(27)14-31-19(28)13-26-20(29)23(24-21(26)30)12-16(2)11-22(3,4)15-23/h16-17H,5-15H2,1-4H3,(H,24,30)/t16-,23+/m0/s1. The Bertz CT molecular complexity index is 731. The molecule has 0 radical (unpaired) electrons. The molecule has 3 aliphatic rings. The molecule has 1 N–H and O–H groups in total. The highest BCUT2D eigenvalue weighted by Gasteiger charge is 2.56. The molecular formula is C23H37N3O5. The van der Waals surface area contributed by atoms with Gasteiger partial charge in [-0.1, -0.05) is 40.0 Å². The molecule has 4 amide bonds. The fraction of sp³-hybridized carbons (Fsp3) is 0.826. The van der Waals surface area contributed by atoms with Crippen LogP contribution in [0.15, 0.2) is 0 Å². The van der Waals surface area contributed by atoms with E-state index >= 15 is 0 Å². The Balaban J connectivity index is 1.56. The van der Waals surface area contributed by atoms with Crippen molar-refractivity contribution in [1.29, 1.82) is 0 Å². The maximum Gasteiger partial charge on any atom is 0.326 e. The molecule has 3 fully saturated rings. The average molecular weight is 436 g/mol. The van der Waals surface area contributed by atoms with Crippen LogP contribution in [0.25, 0.3) is 0 Å². The van der Waals surface area contributed by atoms with E-state index in [9.17, 15) is 19.2 Å². The van der Waals surface area contributed by atoms with E-state index in [0.29, 0.717) is 19.4 Å². The van der Waals surface area contributed by atoms with Gasteiger partial charge in [-0.25, -0.2) is 4.79 Å². The molecule has 2 saturated carbocycles. The molecule has 0 aromatic rings. The van der Waals surface area contributed by atoms with Crippen LogP contribution >= 0.6 is 0 Å². The zero-order valence-electron chi connectivity index (χ0n) is 19.4. The third-order valence-electron chi connectivity index (χ3n) is 6.94. The van der Waals surface area contributed by atoms with E-state index in [-0.39, 0.29) is 35.8 Å². The number of amides is 4. The second-order valence-electron chi connectivity index (χ2n) is 10.4. The van der Waals surface area contributed by atoms with E-state index in [0.717, 1.165) is 37.0 Å². The lowest BCUT2D eigenvalue weighted by Gasteiger charge is -2.43. The van der Waals surface area contributed by atoms with E-state index in [4.69, 9.17) is 4.74 Å². The predicted octanol–water partition coefficient (Wildman–Crippen LogP) is 2.85. The Labute approximate surface area is 185 Å². The average Bonchev–Trinajstić information content (AvgIpc) is 2.89. The number of nitrogens with one attached hydrogen (secondary N) is 1. The summed E-state index contributed by atoms with van der Waals surface area (Å²) in [5, 5.41) is 2.85. The van der Waals surface area contributed by atoms with Crippen molar-refractivity contribution in [2.24, 2.45) is 11.3 Å². The molecular weight excluding hydrogens is 398 g/mol. The molecule has 2 aliphatic carbocycles. The molecule has 174 valence electrons. The van der Waals surface area contributed by atoms with Crippen molar-refractivity contribution in [1.82, 2.24) is 15.1 Å². The normalized spacial score (nSPS) is 28.5. The monoisotopic (exact) mass is 435 g/mol. The van der Waals surface area contributed by atoms with Crippen LogP contribution in [0.2, 0.25) is 0 Å². The van der Waals surface area contributed by atoms with Gasteiger partial charge >= 0.3 is 12.0 Å². The molecule has 1 heterocycles. The number of imide groups is 1. The fourth-order valence-corrected chi connectivity index (χ4v) is 6.08. The van der Waals surface area contributed by atoms with Gasteiger partial charge in [0.05, 0.1) is 0 Å². The van der Waals surface area contributed by atoms with Crippen molar-refractivity contribution in [3.05, 3.63) is 0 Å². The minimum atomic E-state index is -0.950. The molecule has 0 unspecified atom stereocenters. The summed E-state index contributed by atoms with van der Waals surface area (Å²) in [4.78, 5) is 53.3. The number of nitrogens with zero attached hydrogens (tertiary/aromatic N) is 2. The first-order valence-corrected chi connectivity index (χ1v) is 11.7. The molecule has 31 heavy (non-hydrogen) atoms. The molecule has 0 bridgehead atoms. The van der Waals surface area contributed by atoms with Crippen molar-refractivity contribution >= 4 is 23.8 Å². The Morgan fingerprint density at radius 3 is 2.45 bits per heavy atom. The molecule has 1 saturated heterocycles. The summed E-state index contributed by atoms with van der Waals surface area (Å²) >= 11 is 0. The highest BCUT2D eigenvalue weighted by Crippen LogP contribution is 2.46. The first-order valence-electron chi connectivity index (χ1n) is 11.7. The van der Waals surface area contributed by atoms with Gasteiger partial charge in [-0.15, -0.1) is 0 Å². The molecule has 0 aromatic carbocycles. The van der Waals surface area contributed by atoms with Crippen molar-refractivity contribution in [3.8, 4) is 0 Å². The van der Waals surface area contributed by atoms with Crippen LogP contribution in [0.3, 0.4) is 0 Å². The van der Waals surface area contributed by atoms with Gasteiger partial charge in [-0.3, -0.25) is 19.3 Å². The van der Waals surface area contributed by atoms with Crippen molar-refractivity contribution in [2.75, 3.05) is 19.7 Å². The van der Waals surface area contributed by atoms with Crippen LogP contribution in [0, 0.1) is 11.3 Å². The van der Waals surface area contributed by atoms with Crippen LogP contribution in [0.5, 0.6) is 0 Å². The SMILES string of the molecule is CCN(C(=O)COC(=O)CN1C(=O)N[C@@]2(C[C@@H](C)CC(C)(C)C2)C1=O)C1CCCCC1. The minimum Gasteiger partial charge on any atom is -0.454 e. The van der Waals surface area contributed by atoms with E-state index in [2.05, 4.69) is 26.1 Å². The Hall–Kier alpha value is -2.12. The minimum absolute atomic E-state index is 0.0771. The summed E-state index contributed by atoms with van der Waals surface area (Å²) in [6.45, 7) is 7.94. The quantitative estimate of drug-likeness (QED) is 0.511. The lowest BCUT2D eigenvalue weighted by atomic mass is 9.64. The van der Waals surface area contributed by atoms with Crippen molar-refractivity contribution in [3.63, 3.8) is 0 Å².